The third kappa shape index (κ3) is 2.95. The maximum Gasteiger partial charge on any atom is 0.271 e. The van der Waals surface area contributed by atoms with Crippen molar-refractivity contribution in [1.29, 1.82) is 0 Å². The van der Waals surface area contributed by atoms with Crippen molar-refractivity contribution < 1.29 is 9.53 Å². The summed E-state index contributed by atoms with van der Waals surface area (Å²) in [6, 6.07) is 0.0503. The number of rotatable bonds is 4. The topological polar surface area (TPSA) is 64.1 Å². The first-order valence-electron chi connectivity index (χ1n) is 6.26. The molecule has 0 bridgehead atoms. The van der Waals surface area contributed by atoms with Gasteiger partial charge in [-0.25, -0.2) is 9.97 Å². The largest absolute Gasteiger partial charge is 0.376 e. The normalized spacial score (nSPS) is 25.5. The molecule has 2 atom stereocenters. The number of amides is 1. The molecule has 1 heterocycles. The van der Waals surface area contributed by atoms with Crippen molar-refractivity contribution in [2.45, 2.75) is 44.8 Å². The average Bonchev–Trinajstić information content (AvgIpc) is 3.00. The summed E-state index contributed by atoms with van der Waals surface area (Å²) >= 11 is 3.32. The van der Waals surface area contributed by atoms with Crippen LogP contribution in [0.25, 0.3) is 0 Å². The van der Waals surface area contributed by atoms with E-state index >= 15 is 0 Å². The molecule has 0 radical (unpaired) electrons. The van der Waals surface area contributed by atoms with Gasteiger partial charge in [-0.1, -0.05) is 13.8 Å². The van der Waals surface area contributed by atoms with Gasteiger partial charge in [-0.05, 0) is 22.9 Å². The Balaban J connectivity index is 2.13. The predicted molar refractivity (Wildman–Crippen MR) is 75.1 cm³/mol. The van der Waals surface area contributed by atoms with Crippen LogP contribution in [0.2, 0.25) is 0 Å². The summed E-state index contributed by atoms with van der Waals surface area (Å²) in [4.78, 5) is 20.7. The van der Waals surface area contributed by atoms with Crippen molar-refractivity contribution in [3.8, 4) is 0 Å². The maximum absolute atomic E-state index is 12.2. The smallest absolute Gasteiger partial charge is 0.271 e. The Kier molecular flexibility index (Phi) is 3.92. The Bertz CT molecular complexity index is 507. The molecule has 6 heteroatoms. The molecule has 1 aromatic heterocycles. The summed E-state index contributed by atoms with van der Waals surface area (Å²) in [6.07, 6.45) is 2.45. The molecule has 1 aliphatic carbocycles. The number of ether oxygens (including phenoxy) is 1. The number of carbonyl (C=O) groups is 1. The lowest BCUT2D eigenvalue weighted by atomic mass is 10.2. The van der Waals surface area contributed by atoms with E-state index in [1.54, 1.807) is 13.3 Å². The van der Waals surface area contributed by atoms with Crippen LogP contribution in [0.3, 0.4) is 0 Å². The van der Waals surface area contributed by atoms with Gasteiger partial charge in [-0.3, -0.25) is 4.79 Å². The molecule has 0 aromatic carbocycles. The Labute approximate surface area is 121 Å². The van der Waals surface area contributed by atoms with Crippen LogP contribution in [0.1, 0.15) is 49.4 Å². The van der Waals surface area contributed by atoms with Gasteiger partial charge in [0, 0.05) is 25.6 Å². The van der Waals surface area contributed by atoms with Crippen molar-refractivity contribution in [2.24, 2.45) is 0 Å². The molecule has 0 spiro atoms. The number of carbonyl (C=O) groups excluding carboxylic acids is 1. The molecular weight excluding hydrogens is 310 g/mol. The van der Waals surface area contributed by atoms with Gasteiger partial charge >= 0.3 is 0 Å². The van der Waals surface area contributed by atoms with Crippen LogP contribution in [-0.4, -0.2) is 34.6 Å². The van der Waals surface area contributed by atoms with Crippen molar-refractivity contribution in [1.82, 2.24) is 15.3 Å². The summed E-state index contributed by atoms with van der Waals surface area (Å²) in [5.41, 5.74) is 0.139. The molecule has 1 amide bonds. The number of hydrogen-bond donors (Lipinski definition) is 1. The first-order chi connectivity index (χ1) is 8.87. The molecule has 19 heavy (non-hydrogen) atoms. The average molecular weight is 328 g/mol. The molecule has 1 fully saturated rings. The molecule has 104 valence electrons. The zero-order chi connectivity index (χ0) is 14.2. The molecule has 1 N–H and O–H groups in total. The summed E-state index contributed by atoms with van der Waals surface area (Å²) in [7, 11) is 1.66. The second kappa shape index (κ2) is 5.17. The van der Waals surface area contributed by atoms with Crippen molar-refractivity contribution >= 4 is 21.8 Å². The van der Waals surface area contributed by atoms with Gasteiger partial charge in [0.2, 0.25) is 0 Å². The first-order valence-corrected chi connectivity index (χ1v) is 7.05. The highest BCUT2D eigenvalue weighted by atomic mass is 79.9. The van der Waals surface area contributed by atoms with Gasteiger partial charge in [-0.15, -0.1) is 0 Å². The zero-order valence-corrected chi connectivity index (χ0v) is 13.1. The number of methoxy groups -OCH3 is 1. The lowest BCUT2D eigenvalue weighted by Crippen LogP contribution is -2.32. The number of aromatic nitrogens is 2. The minimum Gasteiger partial charge on any atom is -0.376 e. The van der Waals surface area contributed by atoms with Gasteiger partial charge in [0.25, 0.3) is 5.91 Å². The molecule has 1 saturated carbocycles. The molecule has 0 saturated heterocycles. The van der Waals surface area contributed by atoms with Gasteiger partial charge < -0.3 is 10.1 Å². The van der Waals surface area contributed by atoms with E-state index in [4.69, 9.17) is 4.74 Å². The SMILES string of the molecule is CO[C@@]1(C)C[C@H]1NC(=O)c1nc(C(C)C)ncc1Br. The lowest BCUT2D eigenvalue weighted by molar-refractivity contribution is 0.0784. The maximum atomic E-state index is 12.2. The van der Waals surface area contributed by atoms with E-state index in [-0.39, 0.29) is 23.5 Å². The van der Waals surface area contributed by atoms with Crippen LogP contribution < -0.4 is 5.32 Å². The third-order valence-electron chi connectivity index (χ3n) is 3.45. The Morgan fingerprint density at radius 2 is 2.32 bits per heavy atom. The summed E-state index contributed by atoms with van der Waals surface area (Å²) < 4.78 is 5.94. The molecule has 1 aromatic rings. The molecule has 5 nitrogen and oxygen atoms in total. The van der Waals surface area contributed by atoms with Gasteiger partial charge in [0.1, 0.15) is 11.5 Å². The van der Waals surface area contributed by atoms with E-state index in [0.29, 0.717) is 16.0 Å². The Morgan fingerprint density at radius 1 is 1.63 bits per heavy atom. The molecule has 1 aliphatic rings. The number of halogens is 1. The summed E-state index contributed by atoms with van der Waals surface area (Å²) in [5.74, 6) is 0.658. The minimum atomic E-state index is -0.240. The molecule has 0 unspecified atom stereocenters. The van der Waals surface area contributed by atoms with Gasteiger partial charge in [0.05, 0.1) is 16.1 Å². The van der Waals surface area contributed by atoms with Crippen molar-refractivity contribution in [3.05, 3.63) is 22.2 Å². The van der Waals surface area contributed by atoms with Crippen molar-refractivity contribution in [2.75, 3.05) is 7.11 Å². The van der Waals surface area contributed by atoms with Crippen LogP contribution in [0, 0.1) is 0 Å². The second-order valence-electron chi connectivity index (χ2n) is 5.33. The minimum absolute atomic E-state index is 0.0503. The fourth-order valence-electron chi connectivity index (χ4n) is 1.82. The monoisotopic (exact) mass is 327 g/mol. The molecule has 2 rings (SSSR count). The van der Waals surface area contributed by atoms with Crippen LogP contribution >= 0.6 is 15.9 Å². The predicted octanol–water partition coefficient (Wildman–Crippen LogP) is 2.27. The number of nitrogens with zero attached hydrogens (tertiary/aromatic N) is 2. The fraction of sp³-hybridized carbons (Fsp3) is 0.615. The van der Waals surface area contributed by atoms with E-state index in [1.165, 1.54) is 0 Å². The Hall–Kier alpha value is -1.01. The number of nitrogens with one attached hydrogen (secondary N) is 1. The highest BCUT2D eigenvalue weighted by Crippen LogP contribution is 2.38. The standard InChI is InChI=1S/C13H18BrN3O2/c1-7(2)11-15-6-8(14)10(17-11)12(18)16-9-5-13(9,3)19-4/h6-7,9H,5H2,1-4H3,(H,16,18)/t9-,13+/m1/s1. The third-order valence-corrected chi connectivity index (χ3v) is 4.03. The van der Waals surface area contributed by atoms with E-state index in [0.717, 1.165) is 6.42 Å². The molecule has 0 aliphatic heterocycles. The van der Waals surface area contributed by atoms with E-state index in [2.05, 4.69) is 31.2 Å². The first kappa shape index (κ1) is 14.4. The highest BCUT2D eigenvalue weighted by molar-refractivity contribution is 9.10. The lowest BCUT2D eigenvalue weighted by Gasteiger charge is -2.11. The van der Waals surface area contributed by atoms with Crippen LogP contribution in [-0.2, 0) is 4.74 Å². The fourth-order valence-corrected chi connectivity index (χ4v) is 2.19. The van der Waals surface area contributed by atoms with Gasteiger partial charge in [-0.2, -0.15) is 0 Å². The van der Waals surface area contributed by atoms with E-state index < -0.39 is 0 Å². The van der Waals surface area contributed by atoms with Crippen molar-refractivity contribution in [3.63, 3.8) is 0 Å². The van der Waals surface area contributed by atoms with E-state index in [1.807, 2.05) is 20.8 Å². The quantitative estimate of drug-likeness (QED) is 0.921. The molecular formula is C13H18BrN3O2. The summed E-state index contributed by atoms with van der Waals surface area (Å²) in [6.45, 7) is 5.97. The highest BCUT2D eigenvalue weighted by Gasteiger charge is 2.52. The second-order valence-corrected chi connectivity index (χ2v) is 6.18. The van der Waals surface area contributed by atoms with Gasteiger partial charge in [0.15, 0.2) is 0 Å². The van der Waals surface area contributed by atoms with Crippen LogP contribution in [0.5, 0.6) is 0 Å². The zero-order valence-electron chi connectivity index (χ0n) is 11.5. The van der Waals surface area contributed by atoms with Crippen LogP contribution in [0.15, 0.2) is 10.7 Å². The Morgan fingerprint density at radius 3 is 2.84 bits per heavy atom. The number of hydrogen-bond acceptors (Lipinski definition) is 4. The summed E-state index contributed by atoms with van der Waals surface area (Å²) in [5, 5.41) is 2.93. The van der Waals surface area contributed by atoms with Crippen LogP contribution in [0.4, 0.5) is 0 Å². The van der Waals surface area contributed by atoms with E-state index in [9.17, 15) is 4.79 Å².